The highest BCUT2D eigenvalue weighted by molar-refractivity contribution is 7.89. The molecule has 8 heteroatoms. The van der Waals surface area contributed by atoms with Crippen LogP contribution in [-0.4, -0.2) is 48.4 Å². The molecule has 2 aromatic rings. The summed E-state index contributed by atoms with van der Waals surface area (Å²) >= 11 is 5.95. The monoisotopic (exact) mass is 398 g/mol. The molecule has 0 bridgehead atoms. The van der Waals surface area contributed by atoms with Crippen LogP contribution < -0.4 is 5.32 Å². The van der Waals surface area contributed by atoms with Crippen LogP contribution in [0.2, 0.25) is 5.02 Å². The van der Waals surface area contributed by atoms with E-state index in [2.05, 4.69) is 10.4 Å². The van der Waals surface area contributed by atoms with Gasteiger partial charge in [0.15, 0.2) is 0 Å². The van der Waals surface area contributed by atoms with Crippen LogP contribution in [0.4, 0.5) is 0 Å². The van der Waals surface area contributed by atoms with E-state index >= 15 is 0 Å². The van der Waals surface area contributed by atoms with Crippen molar-refractivity contribution in [1.29, 1.82) is 0 Å². The highest BCUT2D eigenvalue weighted by atomic mass is 35.5. The molecular weight excluding hydrogens is 372 g/mol. The zero-order valence-electron chi connectivity index (χ0n) is 15.8. The Morgan fingerprint density at radius 3 is 2.50 bits per heavy atom. The highest BCUT2D eigenvalue weighted by Crippen LogP contribution is 2.19. The molecule has 1 heterocycles. The maximum absolute atomic E-state index is 11.7. The number of sulfonamides is 1. The fourth-order valence-corrected chi connectivity index (χ4v) is 3.74. The quantitative estimate of drug-likeness (QED) is 0.659. The number of hydrogen-bond acceptors (Lipinski definition) is 4. The number of rotatable bonds is 9. The molecule has 0 spiro atoms. The number of nitrogens with zero attached hydrogens (tertiary/aromatic N) is 3. The molecule has 1 aromatic heterocycles. The lowest BCUT2D eigenvalue weighted by Crippen LogP contribution is -2.31. The molecule has 1 N–H and O–H groups in total. The fraction of sp³-hybridized carbons (Fsp3) is 0.500. The summed E-state index contributed by atoms with van der Waals surface area (Å²) in [5.74, 6) is 0.138. The topological polar surface area (TPSA) is 67.2 Å². The molecular formula is C18H27ClN4O2S. The average Bonchev–Trinajstić information content (AvgIpc) is 2.89. The van der Waals surface area contributed by atoms with Crippen molar-refractivity contribution in [1.82, 2.24) is 19.4 Å². The first-order chi connectivity index (χ1) is 12.3. The van der Waals surface area contributed by atoms with Gasteiger partial charge in [-0.2, -0.15) is 5.10 Å². The summed E-state index contributed by atoms with van der Waals surface area (Å²) < 4.78 is 26.8. The van der Waals surface area contributed by atoms with Crippen molar-refractivity contribution < 1.29 is 8.42 Å². The third-order valence-corrected chi connectivity index (χ3v) is 6.59. The van der Waals surface area contributed by atoms with E-state index in [4.69, 9.17) is 11.6 Å². The van der Waals surface area contributed by atoms with Gasteiger partial charge in [0.25, 0.3) is 0 Å². The molecule has 144 valence electrons. The third-order valence-electron chi connectivity index (χ3n) is 4.48. The SMILES string of the molecule is CCS(=O)(=O)N(C)CCCNCc1c(C)nn(-c2ccc(Cl)cc2)c1C. The first-order valence-electron chi connectivity index (χ1n) is 8.72. The molecule has 0 saturated heterocycles. The van der Waals surface area contributed by atoms with Gasteiger partial charge in [-0.1, -0.05) is 11.6 Å². The third kappa shape index (κ3) is 5.07. The molecule has 0 fully saturated rings. The molecule has 0 amide bonds. The minimum atomic E-state index is -3.10. The molecule has 0 aliphatic rings. The van der Waals surface area contributed by atoms with E-state index in [-0.39, 0.29) is 5.75 Å². The van der Waals surface area contributed by atoms with Crippen LogP contribution in [0.5, 0.6) is 0 Å². The van der Waals surface area contributed by atoms with Crippen LogP contribution in [0, 0.1) is 13.8 Å². The molecule has 26 heavy (non-hydrogen) atoms. The van der Waals surface area contributed by atoms with Gasteiger partial charge in [0, 0.05) is 36.4 Å². The number of nitrogens with one attached hydrogen (secondary N) is 1. The van der Waals surface area contributed by atoms with E-state index in [0.29, 0.717) is 18.1 Å². The van der Waals surface area contributed by atoms with Gasteiger partial charge in [0.1, 0.15) is 0 Å². The van der Waals surface area contributed by atoms with Gasteiger partial charge in [0.05, 0.1) is 17.1 Å². The Bertz CT molecular complexity index is 832. The molecule has 2 rings (SSSR count). The normalized spacial score (nSPS) is 12.1. The molecule has 0 aliphatic heterocycles. The summed E-state index contributed by atoms with van der Waals surface area (Å²) in [6, 6.07) is 7.60. The summed E-state index contributed by atoms with van der Waals surface area (Å²) in [6.07, 6.45) is 0.763. The molecule has 1 aromatic carbocycles. The predicted octanol–water partition coefficient (Wildman–Crippen LogP) is 2.90. The fourth-order valence-electron chi connectivity index (χ4n) is 2.76. The van der Waals surface area contributed by atoms with Crippen molar-refractivity contribution in [2.45, 2.75) is 33.7 Å². The second-order valence-electron chi connectivity index (χ2n) is 6.29. The van der Waals surface area contributed by atoms with Crippen molar-refractivity contribution in [3.05, 3.63) is 46.2 Å². The summed E-state index contributed by atoms with van der Waals surface area (Å²) in [4.78, 5) is 0. The zero-order chi connectivity index (χ0) is 19.3. The number of benzene rings is 1. The van der Waals surface area contributed by atoms with Crippen LogP contribution >= 0.6 is 11.6 Å². The number of halogens is 1. The van der Waals surface area contributed by atoms with E-state index < -0.39 is 10.0 Å². The van der Waals surface area contributed by atoms with Crippen molar-refractivity contribution in [2.75, 3.05) is 25.9 Å². The minimum absolute atomic E-state index is 0.138. The van der Waals surface area contributed by atoms with Crippen LogP contribution in [0.1, 0.15) is 30.3 Å². The van der Waals surface area contributed by atoms with Gasteiger partial charge < -0.3 is 5.32 Å². The van der Waals surface area contributed by atoms with Crippen LogP contribution in [0.3, 0.4) is 0 Å². The van der Waals surface area contributed by atoms with Crippen molar-refractivity contribution in [2.24, 2.45) is 0 Å². The Balaban J connectivity index is 1.92. The van der Waals surface area contributed by atoms with Crippen molar-refractivity contribution in [3.63, 3.8) is 0 Å². The van der Waals surface area contributed by atoms with Gasteiger partial charge in [-0.15, -0.1) is 0 Å². The molecule has 0 unspecified atom stereocenters. The molecule has 0 saturated carbocycles. The first kappa shape index (κ1) is 20.9. The number of aromatic nitrogens is 2. The lowest BCUT2D eigenvalue weighted by Gasteiger charge is -2.15. The lowest BCUT2D eigenvalue weighted by atomic mass is 10.2. The van der Waals surface area contributed by atoms with Gasteiger partial charge in [-0.3, -0.25) is 0 Å². The molecule has 6 nitrogen and oxygen atoms in total. The average molecular weight is 399 g/mol. The second-order valence-corrected chi connectivity index (χ2v) is 9.09. The summed E-state index contributed by atoms with van der Waals surface area (Å²) in [6.45, 7) is 7.68. The Hall–Kier alpha value is -1.41. The Kier molecular flexibility index (Phi) is 7.23. The number of hydrogen-bond donors (Lipinski definition) is 1. The van der Waals surface area contributed by atoms with E-state index in [1.54, 1.807) is 14.0 Å². The highest BCUT2D eigenvalue weighted by Gasteiger charge is 2.15. The maximum Gasteiger partial charge on any atom is 0.213 e. The van der Waals surface area contributed by atoms with Crippen LogP contribution in [-0.2, 0) is 16.6 Å². The number of aryl methyl sites for hydroxylation is 1. The molecule has 0 atom stereocenters. The van der Waals surface area contributed by atoms with Gasteiger partial charge in [0.2, 0.25) is 10.0 Å². The zero-order valence-corrected chi connectivity index (χ0v) is 17.4. The lowest BCUT2D eigenvalue weighted by molar-refractivity contribution is 0.455. The predicted molar refractivity (Wildman–Crippen MR) is 106 cm³/mol. The van der Waals surface area contributed by atoms with E-state index in [0.717, 1.165) is 35.6 Å². The maximum atomic E-state index is 11.7. The summed E-state index contributed by atoms with van der Waals surface area (Å²) in [5.41, 5.74) is 4.21. The van der Waals surface area contributed by atoms with Crippen LogP contribution in [0.25, 0.3) is 5.69 Å². The minimum Gasteiger partial charge on any atom is -0.312 e. The van der Waals surface area contributed by atoms with Gasteiger partial charge >= 0.3 is 0 Å². The Morgan fingerprint density at radius 1 is 1.23 bits per heavy atom. The van der Waals surface area contributed by atoms with Gasteiger partial charge in [-0.05, 0) is 58.0 Å². The largest absolute Gasteiger partial charge is 0.312 e. The summed E-state index contributed by atoms with van der Waals surface area (Å²) in [7, 11) is -1.47. The standard InChI is InChI=1S/C18H27ClN4O2S/c1-5-26(24,25)22(4)12-6-11-20-13-18-14(2)21-23(15(18)3)17-9-7-16(19)8-10-17/h7-10,20H,5-6,11-13H2,1-4H3. The van der Waals surface area contributed by atoms with Gasteiger partial charge in [-0.25, -0.2) is 17.4 Å². The smallest absolute Gasteiger partial charge is 0.213 e. The van der Waals surface area contributed by atoms with E-state index in [1.807, 2.05) is 42.8 Å². The first-order valence-corrected chi connectivity index (χ1v) is 10.7. The molecule has 0 radical (unpaired) electrons. The Labute approximate surface area is 161 Å². The van der Waals surface area contributed by atoms with Crippen LogP contribution in [0.15, 0.2) is 24.3 Å². The van der Waals surface area contributed by atoms with E-state index in [9.17, 15) is 8.42 Å². The van der Waals surface area contributed by atoms with Crippen molar-refractivity contribution in [3.8, 4) is 5.69 Å². The summed E-state index contributed by atoms with van der Waals surface area (Å²) in [5, 5.41) is 8.71. The Morgan fingerprint density at radius 2 is 1.88 bits per heavy atom. The second kappa shape index (κ2) is 8.99. The van der Waals surface area contributed by atoms with Crippen molar-refractivity contribution >= 4 is 21.6 Å². The van der Waals surface area contributed by atoms with E-state index in [1.165, 1.54) is 4.31 Å². The molecule has 0 aliphatic carbocycles.